The first-order chi connectivity index (χ1) is 6.79. The monoisotopic (exact) mass is 203 g/mol. The molecule has 3 heteroatoms. The van der Waals surface area contributed by atoms with Crippen LogP contribution in [0.5, 0.6) is 5.75 Å². The number of rotatable bonds is 2. The van der Waals surface area contributed by atoms with E-state index in [1.807, 2.05) is 30.3 Å². The third kappa shape index (κ3) is 1.54. The van der Waals surface area contributed by atoms with Gasteiger partial charge in [-0.1, -0.05) is 30.3 Å². The molecule has 1 heterocycles. The van der Waals surface area contributed by atoms with Crippen molar-refractivity contribution in [2.75, 3.05) is 0 Å². The molecule has 2 aromatic rings. The van der Waals surface area contributed by atoms with Crippen molar-refractivity contribution in [2.24, 2.45) is 0 Å². The van der Waals surface area contributed by atoms with Gasteiger partial charge in [0.25, 0.3) is 0 Å². The van der Waals surface area contributed by atoms with Gasteiger partial charge < -0.3 is 5.11 Å². The van der Waals surface area contributed by atoms with Gasteiger partial charge in [0.2, 0.25) is 0 Å². The number of thiophene rings is 1. The van der Waals surface area contributed by atoms with E-state index >= 15 is 0 Å². The lowest BCUT2D eigenvalue weighted by atomic mass is 10.1. The van der Waals surface area contributed by atoms with E-state index < -0.39 is 0 Å². The van der Waals surface area contributed by atoms with Crippen molar-refractivity contribution in [1.29, 1.82) is 5.41 Å². The van der Waals surface area contributed by atoms with Crippen LogP contribution in [0.15, 0.2) is 41.8 Å². The highest BCUT2D eigenvalue weighted by atomic mass is 32.1. The maximum atomic E-state index is 9.45. The van der Waals surface area contributed by atoms with Gasteiger partial charge in [-0.05, 0) is 11.4 Å². The molecule has 0 fully saturated rings. The van der Waals surface area contributed by atoms with Gasteiger partial charge >= 0.3 is 0 Å². The predicted molar refractivity (Wildman–Crippen MR) is 58.4 cm³/mol. The Morgan fingerprint density at radius 2 is 1.86 bits per heavy atom. The van der Waals surface area contributed by atoms with E-state index in [0.717, 1.165) is 5.56 Å². The van der Waals surface area contributed by atoms with Gasteiger partial charge in [-0.2, -0.15) is 0 Å². The zero-order valence-electron chi connectivity index (χ0n) is 7.40. The zero-order valence-corrected chi connectivity index (χ0v) is 8.21. The van der Waals surface area contributed by atoms with Gasteiger partial charge in [0.1, 0.15) is 5.75 Å². The summed E-state index contributed by atoms with van der Waals surface area (Å²) in [6.07, 6.45) is 0. The summed E-state index contributed by atoms with van der Waals surface area (Å²) >= 11 is 1.38. The van der Waals surface area contributed by atoms with E-state index in [-0.39, 0.29) is 5.75 Å². The normalized spacial score (nSPS) is 10.0. The van der Waals surface area contributed by atoms with Crippen molar-refractivity contribution in [3.05, 3.63) is 52.2 Å². The molecule has 0 aliphatic carbocycles. The van der Waals surface area contributed by atoms with Crippen LogP contribution in [0.4, 0.5) is 0 Å². The number of aromatic hydroxyl groups is 1. The first-order valence-corrected chi connectivity index (χ1v) is 5.08. The maximum Gasteiger partial charge on any atom is 0.135 e. The van der Waals surface area contributed by atoms with Crippen LogP contribution in [-0.4, -0.2) is 10.8 Å². The van der Waals surface area contributed by atoms with Gasteiger partial charge in [-0.15, -0.1) is 11.3 Å². The summed E-state index contributed by atoms with van der Waals surface area (Å²) in [5.41, 5.74) is 1.20. The molecule has 1 aromatic carbocycles. The molecule has 70 valence electrons. The molecule has 1 aromatic heterocycles. The van der Waals surface area contributed by atoms with Gasteiger partial charge in [-0.25, -0.2) is 0 Å². The largest absolute Gasteiger partial charge is 0.506 e. The van der Waals surface area contributed by atoms with Crippen LogP contribution in [-0.2, 0) is 0 Å². The third-order valence-electron chi connectivity index (χ3n) is 1.93. The lowest BCUT2D eigenvalue weighted by molar-refractivity contribution is 0.477. The smallest absolute Gasteiger partial charge is 0.135 e. The van der Waals surface area contributed by atoms with Crippen LogP contribution >= 0.6 is 11.3 Å². The Balaban J connectivity index is 2.39. The van der Waals surface area contributed by atoms with Crippen molar-refractivity contribution in [1.82, 2.24) is 0 Å². The van der Waals surface area contributed by atoms with E-state index in [0.29, 0.717) is 10.6 Å². The minimum atomic E-state index is 0.184. The number of hydrogen-bond donors (Lipinski definition) is 2. The van der Waals surface area contributed by atoms with Crippen molar-refractivity contribution in [2.45, 2.75) is 0 Å². The SMILES string of the molecule is N=C(c1ccccc1)c1sccc1O. The Hall–Kier alpha value is -1.61. The molecule has 0 amide bonds. The number of hydrogen-bond acceptors (Lipinski definition) is 3. The molecule has 0 bridgehead atoms. The van der Waals surface area contributed by atoms with Gasteiger partial charge in [0.15, 0.2) is 0 Å². The Kier molecular flexibility index (Phi) is 2.33. The molecule has 0 aliphatic rings. The van der Waals surface area contributed by atoms with Crippen LogP contribution in [0.3, 0.4) is 0 Å². The second-order valence-electron chi connectivity index (χ2n) is 2.88. The fraction of sp³-hybridized carbons (Fsp3) is 0. The first-order valence-electron chi connectivity index (χ1n) is 4.20. The molecule has 0 saturated carbocycles. The Bertz CT molecular complexity index is 447. The summed E-state index contributed by atoms with van der Waals surface area (Å²) in [7, 11) is 0. The fourth-order valence-corrected chi connectivity index (χ4v) is 1.98. The highest BCUT2D eigenvalue weighted by Crippen LogP contribution is 2.25. The van der Waals surface area contributed by atoms with Crippen LogP contribution in [0, 0.1) is 5.41 Å². The summed E-state index contributed by atoms with van der Waals surface area (Å²) in [6, 6.07) is 11.0. The average molecular weight is 203 g/mol. The minimum absolute atomic E-state index is 0.184. The highest BCUT2D eigenvalue weighted by Gasteiger charge is 2.09. The van der Waals surface area contributed by atoms with Crippen molar-refractivity contribution in [3.8, 4) is 5.75 Å². The quantitative estimate of drug-likeness (QED) is 0.724. The predicted octanol–water partition coefficient (Wildman–Crippen LogP) is 2.87. The van der Waals surface area contributed by atoms with Crippen molar-refractivity contribution >= 4 is 17.0 Å². The number of nitrogens with one attached hydrogen (secondary N) is 1. The van der Waals surface area contributed by atoms with E-state index in [9.17, 15) is 5.11 Å². The molecular weight excluding hydrogens is 194 g/mol. The molecule has 2 N–H and O–H groups in total. The molecule has 0 spiro atoms. The molecule has 0 atom stereocenters. The molecular formula is C11H9NOS. The van der Waals surface area contributed by atoms with Gasteiger partial charge in [0, 0.05) is 5.56 Å². The standard InChI is InChI=1S/C11H9NOS/c12-10(8-4-2-1-3-5-8)11-9(13)6-7-14-11/h1-7,12-13H. The molecule has 0 aliphatic heterocycles. The molecule has 0 saturated heterocycles. The molecule has 2 nitrogen and oxygen atoms in total. The summed E-state index contributed by atoms with van der Waals surface area (Å²) in [6.45, 7) is 0. The third-order valence-corrected chi connectivity index (χ3v) is 2.86. The van der Waals surface area contributed by atoms with E-state index in [2.05, 4.69) is 0 Å². The Morgan fingerprint density at radius 1 is 1.14 bits per heavy atom. The minimum Gasteiger partial charge on any atom is -0.506 e. The summed E-state index contributed by atoms with van der Waals surface area (Å²) in [5, 5.41) is 19.1. The zero-order chi connectivity index (χ0) is 9.97. The second kappa shape index (κ2) is 3.64. The lowest BCUT2D eigenvalue weighted by Crippen LogP contribution is -1.97. The van der Waals surface area contributed by atoms with Crippen LogP contribution < -0.4 is 0 Å². The fourth-order valence-electron chi connectivity index (χ4n) is 1.23. The Morgan fingerprint density at radius 3 is 2.43 bits per heavy atom. The summed E-state index contributed by atoms with van der Waals surface area (Å²) in [5.74, 6) is 0.184. The Labute approximate surface area is 86.0 Å². The lowest BCUT2D eigenvalue weighted by Gasteiger charge is -2.01. The first kappa shape index (κ1) is 8.97. The van der Waals surface area contributed by atoms with E-state index in [1.165, 1.54) is 11.3 Å². The number of benzene rings is 1. The van der Waals surface area contributed by atoms with Crippen LogP contribution in [0.1, 0.15) is 10.4 Å². The maximum absolute atomic E-state index is 9.45. The molecule has 2 rings (SSSR count). The summed E-state index contributed by atoms with van der Waals surface area (Å²) in [4.78, 5) is 0.621. The molecule has 0 radical (unpaired) electrons. The topological polar surface area (TPSA) is 44.1 Å². The van der Waals surface area contributed by atoms with Gasteiger partial charge in [0.05, 0.1) is 10.6 Å². The van der Waals surface area contributed by atoms with Gasteiger partial charge in [-0.3, -0.25) is 5.41 Å². The second-order valence-corrected chi connectivity index (χ2v) is 3.79. The highest BCUT2D eigenvalue weighted by molar-refractivity contribution is 7.12. The average Bonchev–Trinajstić information content (AvgIpc) is 2.65. The van der Waals surface area contributed by atoms with Crippen LogP contribution in [0.2, 0.25) is 0 Å². The van der Waals surface area contributed by atoms with E-state index in [1.54, 1.807) is 11.4 Å². The molecule has 14 heavy (non-hydrogen) atoms. The van der Waals surface area contributed by atoms with E-state index in [4.69, 9.17) is 5.41 Å². The van der Waals surface area contributed by atoms with Crippen molar-refractivity contribution in [3.63, 3.8) is 0 Å². The van der Waals surface area contributed by atoms with Crippen molar-refractivity contribution < 1.29 is 5.11 Å². The molecule has 0 unspecified atom stereocenters. The van der Waals surface area contributed by atoms with Crippen LogP contribution in [0.25, 0.3) is 0 Å². The summed E-state index contributed by atoms with van der Waals surface area (Å²) < 4.78 is 0.